The minimum Gasteiger partial charge on any atom is -0.486 e. The highest BCUT2D eigenvalue weighted by Crippen LogP contribution is 2.38. The second-order valence-electron chi connectivity index (χ2n) is 7.25. The van der Waals surface area contributed by atoms with Crippen molar-refractivity contribution in [3.05, 3.63) is 53.1 Å². The van der Waals surface area contributed by atoms with Crippen LogP contribution in [0.25, 0.3) is 0 Å². The van der Waals surface area contributed by atoms with Crippen molar-refractivity contribution in [1.29, 1.82) is 0 Å². The van der Waals surface area contributed by atoms with Crippen LogP contribution in [0.2, 0.25) is 5.02 Å². The average molecular weight is 451 g/mol. The van der Waals surface area contributed by atoms with Gasteiger partial charge in [-0.3, -0.25) is 4.79 Å². The van der Waals surface area contributed by atoms with Gasteiger partial charge in [-0.2, -0.15) is 0 Å². The Hall–Kier alpha value is -2.29. The number of nitrogens with zero attached hydrogens (tertiary/aromatic N) is 1. The normalized spacial score (nSPS) is 18.4. The van der Waals surface area contributed by atoms with Crippen molar-refractivity contribution in [3.8, 4) is 11.5 Å². The maximum absolute atomic E-state index is 12.8. The van der Waals surface area contributed by atoms with E-state index in [9.17, 15) is 13.2 Å². The van der Waals surface area contributed by atoms with E-state index in [1.807, 2.05) is 23.1 Å². The molecule has 1 saturated heterocycles. The van der Waals surface area contributed by atoms with E-state index in [0.717, 1.165) is 24.2 Å². The number of hydrogen-bond acceptors (Lipinski definition) is 5. The monoisotopic (exact) mass is 450 g/mol. The summed E-state index contributed by atoms with van der Waals surface area (Å²) >= 11 is 5.80. The number of ether oxygens (including phenoxy) is 2. The van der Waals surface area contributed by atoms with E-state index < -0.39 is 10.0 Å². The molecule has 4 rings (SSSR count). The van der Waals surface area contributed by atoms with Crippen LogP contribution in [-0.4, -0.2) is 45.5 Å². The van der Waals surface area contributed by atoms with Crippen LogP contribution in [0.15, 0.2) is 47.4 Å². The van der Waals surface area contributed by atoms with E-state index in [1.165, 1.54) is 24.3 Å². The molecule has 0 radical (unpaired) electrons. The van der Waals surface area contributed by atoms with Gasteiger partial charge in [0.15, 0.2) is 11.5 Å². The zero-order valence-electron chi connectivity index (χ0n) is 16.3. The first kappa shape index (κ1) is 21.0. The summed E-state index contributed by atoms with van der Waals surface area (Å²) in [6.45, 7) is 1.74. The summed E-state index contributed by atoms with van der Waals surface area (Å²) in [5.41, 5.74) is 1.01. The Morgan fingerprint density at radius 3 is 2.60 bits per heavy atom. The number of carbonyl (C=O) groups is 1. The lowest BCUT2D eigenvalue weighted by atomic mass is 10.0. The van der Waals surface area contributed by atoms with Gasteiger partial charge in [-0.25, -0.2) is 13.1 Å². The molecule has 2 aliphatic heterocycles. The van der Waals surface area contributed by atoms with Gasteiger partial charge in [0, 0.05) is 24.5 Å². The molecule has 7 nitrogen and oxygen atoms in total. The van der Waals surface area contributed by atoms with Gasteiger partial charge < -0.3 is 14.4 Å². The summed E-state index contributed by atoms with van der Waals surface area (Å²) < 4.78 is 38.4. The molecular weight excluding hydrogens is 428 g/mol. The number of benzene rings is 2. The third-order valence-corrected chi connectivity index (χ3v) is 7.01. The molecule has 0 unspecified atom stereocenters. The molecule has 1 atom stereocenters. The minimum atomic E-state index is -3.68. The zero-order chi connectivity index (χ0) is 21.1. The Balaban J connectivity index is 1.37. The molecule has 1 amide bonds. The van der Waals surface area contributed by atoms with Gasteiger partial charge in [0.05, 0.1) is 10.9 Å². The van der Waals surface area contributed by atoms with Gasteiger partial charge in [-0.15, -0.1) is 0 Å². The number of fused-ring (bicyclic) bond motifs is 1. The van der Waals surface area contributed by atoms with E-state index in [0.29, 0.717) is 30.5 Å². The Labute approximate surface area is 181 Å². The summed E-state index contributed by atoms with van der Waals surface area (Å²) in [7, 11) is -3.68. The third kappa shape index (κ3) is 4.55. The SMILES string of the molecule is O=C(CCNS(=O)(=O)c1ccc(Cl)cc1)N1CCC[C@H]1c1ccc2c(c1)OCCO2. The summed E-state index contributed by atoms with van der Waals surface area (Å²) in [6, 6.07) is 11.6. The highest BCUT2D eigenvalue weighted by molar-refractivity contribution is 7.89. The number of amides is 1. The lowest BCUT2D eigenvalue weighted by molar-refractivity contribution is -0.131. The van der Waals surface area contributed by atoms with Gasteiger partial charge in [0.25, 0.3) is 0 Å². The van der Waals surface area contributed by atoms with Crippen LogP contribution in [-0.2, 0) is 14.8 Å². The average Bonchev–Trinajstić information content (AvgIpc) is 3.23. The molecule has 1 N–H and O–H groups in total. The molecule has 2 heterocycles. The van der Waals surface area contributed by atoms with E-state index >= 15 is 0 Å². The number of halogens is 1. The molecule has 30 heavy (non-hydrogen) atoms. The van der Waals surface area contributed by atoms with Gasteiger partial charge in [-0.05, 0) is 54.8 Å². The van der Waals surface area contributed by atoms with Gasteiger partial charge >= 0.3 is 0 Å². The number of carbonyl (C=O) groups excluding carboxylic acids is 1. The fourth-order valence-electron chi connectivity index (χ4n) is 3.81. The summed E-state index contributed by atoms with van der Waals surface area (Å²) in [4.78, 5) is 14.7. The predicted molar refractivity (Wildman–Crippen MR) is 112 cm³/mol. The number of sulfonamides is 1. The Morgan fingerprint density at radius 1 is 1.10 bits per heavy atom. The molecular formula is C21H23ClN2O5S. The number of rotatable bonds is 6. The maximum atomic E-state index is 12.8. The van der Waals surface area contributed by atoms with Crippen LogP contribution in [0.1, 0.15) is 30.9 Å². The lowest BCUT2D eigenvalue weighted by Crippen LogP contribution is -2.34. The van der Waals surface area contributed by atoms with Crippen molar-refractivity contribution >= 4 is 27.5 Å². The highest BCUT2D eigenvalue weighted by atomic mass is 35.5. The van der Waals surface area contributed by atoms with Crippen molar-refractivity contribution in [3.63, 3.8) is 0 Å². The van der Waals surface area contributed by atoms with Gasteiger partial charge in [0.1, 0.15) is 13.2 Å². The molecule has 0 aliphatic carbocycles. The van der Waals surface area contributed by atoms with Crippen molar-refractivity contribution in [2.45, 2.75) is 30.2 Å². The first-order valence-electron chi connectivity index (χ1n) is 9.88. The quantitative estimate of drug-likeness (QED) is 0.730. The first-order chi connectivity index (χ1) is 14.4. The van der Waals surface area contributed by atoms with E-state index in [-0.39, 0.29) is 29.8 Å². The second-order valence-corrected chi connectivity index (χ2v) is 9.45. The molecule has 2 aromatic carbocycles. The van der Waals surface area contributed by atoms with Crippen LogP contribution in [0.3, 0.4) is 0 Å². The van der Waals surface area contributed by atoms with Crippen LogP contribution in [0.4, 0.5) is 0 Å². The largest absolute Gasteiger partial charge is 0.486 e. The molecule has 0 aromatic heterocycles. The fourth-order valence-corrected chi connectivity index (χ4v) is 4.97. The molecule has 160 valence electrons. The van der Waals surface area contributed by atoms with Gasteiger partial charge in [-0.1, -0.05) is 17.7 Å². The second kappa shape index (κ2) is 8.83. The summed E-state index contributed by atoms with van der Waals surface area (Å²) in [6.07, 6.45) is 1.86. The molecule has 2 aliphatic rings. The summed E-state index contributed by atoms with van der Waals surface area (Å²) in [5.74, 6) is 1.34. The molecule has 0 saturated carbocycles. The van der Waals surface area contributed by atoms with Crippen molar-refractivity contribution < 1.29 is 22.7 Å². The molecule has 2 aromatic rings. The smallest absolute Gasteiger partial charge is 0.240 e. The first-order valence-corrected chi connectivity index (χ1v) is 11.7. The number of likely N-dealkylation sites (tertiary alicyclic amines) is 1. The van der Waals surface area contributed by atoms with Crippen molar-refractivity contribution in [2.75, 3.05) is 26.3 Å². The molecule has 0 bridgehead atoms. The standard InChI is InChI=1S/C21H23ClN2O5S/c22-16-4-6-17(7-5-16)30(26,27)23-10-9-21(25)24-11-1-2-18(24)15-3-8-19-20(14-15)29-13-12-28-19/h3-8,14,18,23H,1-2,9-13H2/t18-/m0/s1. The maximum Gasteiger partial charge on any atom is 0.240 e. The van der Waals surface area contributed by atoms with E-state index in [1.54, 1.807) is 0 Å². The molecule has 9 heteroatoms. The van der Waals surface area contributed by atoms with Crippen LogP contribution in [0, 0.1) is 0 Å². The topological polar surface area (TPSA) is 84.9 Å². The Kier molecular flexibility index (Phi) is 6.17. The van der Waals surface area contributed by atoms with E-state index in [4.69, 9.17) is 21.1 Å². The Bertz CT molecular complexity index is 1030. The zero-order valence-corrected chi connectivity index (χ0v) is 17.9. The number of hydrogen-bond donors (Lipinski definition) is 1. The third-order valence-electron chi connectivity index (χ3n) is 5.28. The molecule has 1 fully saturated rings. The lowest BCUT2D eigenvalue weighted by Gasteiger charge is -2.27. The molecule has 0 spiro atoms. The van der Waals surface area contributed by atoms with Crippen LogP contribution < -0.4 is 14.2 Å². The van der Waals surface area contributed by atoms with Crippen molar-refractivity contribution in [1.82, 2.24) is 9.62 Å². The van der Waals surface area contributed by atoms with Gasteiger partial charge in [0.2, 0.25) is 15.9 Å². The predicted octanol–water partition coefficient (Wildman–Crippen LogP) is 3.14. The fraction of sp³-hybridized carbons (Fsp3) is 0.381. The highest BCUT2D eigenvalue weighted by Gasteiger charge is 2.30. The van der Waals surface area contributed by atoms with Crippen molar-refractivity contribution in [2.24, 2.45) is 0 Å². The van der Waals surface area contributed by atoms with Crippen LogP contribution in [0.5, 0.6) is 11.5 Å². The van der Waals surface area contributed by atoms with Crippen LogP contribution >= 0.6 is 11.6 Å². The minimum absolute atomic E-state index is 0.0359. The van der Waals surface area contributed by atoms with E-state index in [2.05, 4.69) is 4.72 Å². The Morgan fingerprint density at radius 2 is 1.83 bits per heavy atom. The number of nitrogens with one attached hydrogen (secondary N) is 1. The summed E-state index contributed by atoms with van der Waals surface area (Å²) in [5, 5.41) is 0.461.